The molecule has 0 fully saturated rings. The van der Waals surface area contributed by atoms with Gasteiger partial charge in [-0.1, -0.05) is 127 Å². The average Bonchev–Trinajstić information content (AvgIpc) is 3.90. The van der Waals surface area contributed by atoms with Crippen LogP contribution in [-0.2, 0) is 0 Å². The van der Waals surface area contributed by atoms with Crippen LogP contribution < -0.4 is 4.90 Å². The third kappa shape index (κ3) is 4.34. The van der Waals surface area contributed by atoms with Crippen LogP contribution in [0.4, 0.5) is 17.1 Å². The van der Waals surface area contributed by atoms with Crippen molar-refractivity contribution in [3.63, 3.8) is 0 Å². The standard InChI is InChI=1S/C48H29NO3/c1-2-11-30(12-3-1)31-21-25-33(26-22-31)49(34-27-23-32(24-28-34)35-16-10-17-38-36-13-4-7-18-41(36)51-47(35)38)46-45-39-15-6-9-20-43(39)50-44(45)29-40-37-14-5-8-19-42(37)52-48(40)46/h1-29H. The zero-order valence-corrected chi connectivity index (χ0v) is 27.9. The molecule has 0 spiro atoms. The molecule has 0 saturated carbocycles. The number of benzene rings is 8. The van der Waals surface area contributed by atoms with Gasteiger partial charge in [-0.3, -0.25) is 0 Å². The van der Waals surface area contributed by atoms with E-state index in [1.807, 2.05) is 42.5 Å². The van der Waals surface area contributed by atoms with Gasteiger partial charge in [0.2, 0.25) is 0 Å². The van der Waals surface area contributed by atoms with E-state index in [0.29, 0.717) is 0 Å². The van der Waals surface area contributed by atoms with Gasteiger partial charge in [-0.05, 0) is 65.2 Å². The molecule has 3 heterocycles. The molecule has 0 radical (unpaired) electrons. The molecule has 0 aliphatic rings. The van der Waals surface area contributed by atoms with Crippen molar-refractivity contribution in [1.29, 1.82) is 0 Å². The second-order valence-electron chi connectivity index (χ2n) is 13.2. The first-order valence-corrected chi connectivity index (χ1v) is 17.5. The number of hydrogen-bond donors (Lipinski definition) is 0. The summed E-state index contributed by atoms with van der Waals surface area (Å²) in [6, 6.07) is 61.2. The Kier molecular flexibility index (Phi) is 6.22. The van der Waals surface area contributed by atoms with Gasteiger partial charge in [0.05, 0.1) is 5.39 Å². The third-order valence-corrected chi connectivity index (χ3v) is 10.3. The van der Waals surface area contributed by atoms with Crippen LogP contribution in [-0.4, -0.2) is 0 Å². The number of hydrogen-bond acceptors (Lipinski definition) is 4. The molecule has 52 heavy (non-hydrogen) atoms. The van der Waals surface area contributed by atoms with Gasteiger partial charge in [0.25, 0.3) is 0 Å². The van der Waals surface area contributed by atoms with Crippen molar-refractivity contribution in [3.8, 4) is 22.3 Å². The van der Waals surface area contributed by atoms with Crippen LogP contribution >= 0.6 is 0 Å². The molecule has 4 nitrogen and oxygen atoms in total. The molecular formula is C48H29NO3. The molecule has 0 amide bonds. The summed E-state index contributed by atoms with van der Waals surface area (Å²) in [5.41, 5.74) is 12.5. The molecule has 0 atom stereocenters. The largest absolute Gasteiger partial charge is 0.456 e. The molecule has 0 N–H and O–H groups in total. The maximum atomic E-state index is 6.80. The minimum absolute atomic E-state index is 0.809. The van der Waals surface area contributed by atoms with E-state index >= 15 is 0 Å². The van der Waals surface area contributed by atoms with Crippen molar-refractivity contribution in [1.82, 2.24) is 0 Å². The summed E-state index contributed by atoms with van der Waals surface area (Å²) in [6.45, 7) is 0. The predicted octanol–water partition coefficient (Wildman–Crippen LogP) is 14.2. The van der Waals surface area contributed by atoms with Crippen molar-refractivity contribution >= 4 is 82.9 Å². The quantitative estimate of drug-likeness (QED) is 0.183. The first-order valence-electron chi connectivity index (χ1n) is 17.5. The fourth-order valence-electron chi connectivity index (χ4n) is 7.86. The van der Waals surface area contributed by atoms with Gasteiger partial charge < -0.3 is 18.2 Å². The van der Waals surface area contributed by atoms with Gasteiger partial charge in [-0.15, -0.1) is 0 Å². The summed E-state index contributed by atoms with van der Waals surface area (Å²) in [6.07, 6.45) is 0. The van der Waals surface area contributed by atoms with E-state index in [2.05, 4.69) is 138 Å². The molecule has 3 aromatic heterocycles. The van der Waals surface area contributed by atoms with Gasteiger partial charge in [0.1, 0.15) is 33.6 Å². The number of fused-ring (bicyclic) bond motifs is 9. The Bertz CT molecular complexity index is 3110. The van der Waals surface area contributed by atoms with Gasteiger partial charge in [-0.2, -0.15) is 0 Å². The molecular weight excluding hydrogens is 639 g/mol. The summed E-state index contributed by atoms with van der Waals surface area (Å²) in [7, 11) is 0. The number of para-hydroxylation sites is 4. The van der Waals surface area contributed by atoms with Gasteiger partial charge in [-0.25, -0.2) is 0 Å². The van der Waals surface area contributed by atoms with Crippen LogP contribution in [0.15, 0.2) is 189 Å². The number of anilines is 3. The Morgan fingerprint density at radius 2 is 0.846 bits per heavy atom. The van der Waals surface area contributed by atoms with Crippen molar-refractivity contribution in [2.75, 3.05) is 4.90 Å². The zero-order valence-electron chi connectivity index (χ0n) is 27.9. The molecule has 0 bridgehead atoms. The second kappa shape index (κ2) is 11.2. The predicted molar refractivity (Wildman–Crippen MR) is 214 cm³/mol. The van der Waals surface area contributed by atoms with Crippen molar-refractivity contribution in [3.05, 3.63) is 176 Å². The molecule has 244 valence electrons. The van der Waals surface area contributed by atoms with Crippen molar-refractivity contribution < 1.29 is 13.3 Å². The lowest BCUT2D eigenvalue weighted by molar-refractivity contribution is 0.664. The first-order chi connectivity index (χ1) is 25.8. The molecule has 4 heteroatoms. The van der Waals surface area contributed by atoms with Crippen LogP contribution in [0.1, 0.15) is 0 Å². The smallest absolute Gasteiger partial charge is 0.160 e. The van der Waals surface area contributed by atoms with Crippen molar-refractivity contribution in [2.45, 2.75) is 0 Å². The summed E-state index contributed by atoms with van der Waals surface area (Å²) in [5, 5.41) is 6.34. The highest BCUT2D eigenvalue weighted by Crippen LogP contribution is 2.49. The van der Waals surface area contributed by atoms with Gasteiger partial charge in [0.15, 0.2) is 5.58 Å². The molecule has 0 aliphatic heterocycles. The molecule has 11 aromatic rings. The normalized spacial score (nSPS) is 11.8. The highest BCUT2D eigenvalue weighted by atomic mass is 16.3. The Morgan fingerprint density at radius 3 is 1.54 bits per heavy atom. The Morgan fingerprint density at radius 1 is 0.327 bits per heavy atom. The number of furan rings is 3. The van der Waals surface area contributed by atoms with E-state index in [1.165, 1.54) is 5.56 Å². The highest BCUT2D eigenvalue weighted by Gasteiger charge is 2.26. The lowest BCUT2D eigenvalue weighted by Gasteiger charge is -2.27. The van der Waals surface area contributed by atoms with E-state index in [-0.39, 0.29) is 0 Å². The lowest BCUT2D eigenvalue weighted by atomic mass is 10.0. The van der Waals surface area contributed by atoms with Crippen LogP contribution in [0.2, 0.25) is 0 Å². The summed E-state index contributed by atoms with van der Waals surface area (Å²) >= 11 is 0. The van der Waals surface area contributed by atoms with E-state index < -0.39 is 0 Å². The van der Waals surface area contributed by atoms with Crippen LogP contribution in [0.3, 0.4) is 0 Å². The monoisotopic (exact) mass is 667 g/mol. The van der Waals surface area contributed by atoms with E-state index in [4.69, 9.17) is 13.3 Å². The molecule has 8 aromatic carbocycles. The Balaban J connectivity index is 1.17. The summed E-state index contributed by atoms with van der Waals surface area (Å²) in [4.78, 5) is 2.31. The maximum Gasteiger partial charge on any atom is 0.160 e. The molecule has 0 saturated heterocycles. The third-order valence-electron chi connectivity index (χ3n) is 10.3. The van der Waals surface area contributed by atoms with Crippen LogP contribution in [0.25, 0.3) is 88.1 Å². The van der Waals surface area contributed by atoms with E-state index in [9.17, 15) is 0 Å². The number of nitrogens with zero attached hydrogens (tertiary/aromatic N) is 1. The molecule has 0 aliphatic carbocycles. The fourth-order valence-corrected chi connectivity index (χ4v) is 7.86. The summed E-state index contributed by atoms with van der Waals surface area (Å²) < 4.78 is 19.8. The van der Waals surface area contributed by atoms with E-state index in [0.717, 1.165) is 99.6 Å². The first kappa shape index (κ1) is 28.8. The Labute approximate surface area is 298 Å². The zero-order chi connectivity index (χ0) is 34.2. The van der Waals surface area contributed by atoms with Crippen LogP contribution in [0.5, 0.6) is 0 Å². The lowest BCUT2D eigenvalue weighted by Crippen LogP contribution is -2.10. The topological polar surface area (TPSA) is 42.7 Å². The number of rotatable bonds is 5. The minimum atomic E-state index is 0.809. The average molecular weight is 668 g/mol. The van der Waals surface area contributed by atoms with Crippen LogP contribution in [0, 0.1) is 0 Å². The highest BCUT2D eigenvalue weighted by molar-refractivity contribution is 6.24. The Hall–Kier alpha value is -7.04. The summed E-state index contributed by atoms with van der Waals surface area (Å²) in [5.74, 6) is 0. The molecule has 11 rings (SSSR count). The maximum absolute atomic E-state index is 6.80. The minimum Gasteiger partial charge on any atom is -0.456 e. The van der Waals surface area contributed by atoms with Crippen molar-refractivity contribution in [2.24, 2.45) is 0 Å². The fraction of sp³-hybridized carbons (Fsp3) is 0. The second-order valence-corrected chi connectivity index (χ2v) is 13.2. The van der Waals surface area contributed by atoms with Gasteiger partial charge >= 0.3 is 0 Å². The van der Waals surface area contributed by atoms with Gasteiger partial charge in [0, 0.05) is 43.9 Å². The van der Waals surface area contributed by atoms with E-state index in [1.54, 1.807) is 0 Å². The molecule has 0 unspecified atom stereocenters. The SMILES string of the molecule is c1ccc(-c2ccc(N(c3ccc(-c4cccc5c4oc4ccccc45)cc3)c3c4oc5ccccc5c4cc4oc5ccccc5c34)cc2)cc1.